The van der Waals surface area contributed by atoms with Crippen LogP contribution < -0.4 is 5.32 Å². The van der Waals surface area contributed by atoms with E-state index >= 15 is 0 Å². The fourth-order valence-corrected chi connectivity index (χ4v) is 3.61. The number of nitrogens with one attached hydrogen (secondary N) is 1. The van der Waals surface area contributed by atoms with Gasteiger partial charge >= 0.3 is 6.03 Å². The van der Waals surface area contributed by atoms with Crippen molar-refractivity contribution in [1.82, 2.24) is 24.8 Å². The van der Waals surface area contributed by atoms with Crippen LogP contribution in [0.3, 0.4) is 0 Å². The molecular formula is C20H19N5OS. The minimum Gasteiger partial charge on any atom is -0.334 e. The summed E-state index contributed by atoms with van der Waals surface area (Å²) in [7, 11) is 3.45. The monoisotopic (exact) mass is 377 g/mol. The van der Waals surface area contributed by atoms with Gasteiger partial charge in [-0.1, -0.05) is 30.3 Å². The Morgan fingerprint density at radius 2 is 2.00 bits per heavy atom. The van der Waals surface area contributed by atoms with Gasteiger partial charge in [0.2, 0.25) is 0 Å². The van der Waals surface area contributed by atoms with Crippen LogP contribution in [0, 0.1) is 0 Å². The van der Waals surface area contributed by atoms with Crippen molar-refractivity contribution in [2.24, 2.45) is 0 Å². The third-order valence-corrected chi connectivity index (χ3v) is 5.14. The number of nitrogens with zero attached hydrogens (tertiary/aromatic N) is 4. The summed E-state index contributed by atoms with van der Waals surface area (Å²) in [5.41, 5.74) is 5.12. The van der Waals surface area contributed by atoms with Crippen molar-refractivity contribution in [1.29, 1.82) is 0 Å². The number of hydrogen-bond acceptors (Lipinski definition) is 4. The topological polar surface area (TPSA) is 62.5 Å². The van der Waals surface area contributed by atoms with Crippen LogP contribution in [0.1, 0.15) is 5.56 Å². The third-order valence-electron chi connectivity index (χ3n) is 4.26. The Balaban J connectivity index is 1.52. The number of pyridine rings is 1. The highest BCUT2D eigenvalue weighted by atomic mass is 32.1. The molecule has 0 aliphatic carbocycles. The maximum atomic E-state index is 11.6. The van der Waals surface area contributed by atoms with Crippen LogP contribution in [-0.4, -0.2) is 39.6 Å². The van der Waals surface area contributed by atoms with E-state index in [1.54, 1.807) is 25.4 Å². The molecule has 0 saturated carbocycles. The van der Waals surface area contributed by atoms with Crippen LogP contribution in [0.5, 0.6) is 0 Å². The first kappa shape index (κ1) is 17.2. The van der Waals surface area contributed by atoms with Crippen molar-refractivity contribution < 1.29 is 4.79 Å². The third kappa shape index (κ3) is 3.54. The fraction of sp³-hybridized carbons (Fsp3) is 0.150. The van der Waals surface area contributed by atoms with Crippen LogP contribution in [0.25, 0.3) is 27.3 Å². The van der Waals surface area contributed by atoms with Crippen molar-refractivity contribution >= 4 is 22.9 Å². The molecule has 0 aliphatic heterocycles. The van der Waals surface area contributed by atoms with Gasteiger partial charge in [0, 0.05) is 37.8 Å². The van der Waals surface area contributed by atoms with Crippen molar-refractivity contribution in [2.45, 2.75) is 6.54 Å². The number of amides is 2. The van der Waals surface area contributed by atoms with Crippen LogP contribution in [0.15, 0.2) is 60.2 Å². The van der Waals surface area contributed by atoms with Gasteiger partial charge in [-0.2, -0.15) is 5.10 Å². The number of urea groups is 1. The van der Waals surface area contributed by atoms with E-state index < -0.39 is 0 Å². The summed E-state index contributed by atoms with van der Waals surface area (Å²) in [5, 5.41) is 10.3. The Morgan fingerprint density at radius 3 is 2.78 bits per heavy atom. The van der Waals surface area contributed by atoms with E-state index in [0.29, 0.717) is 6.54 Å². The summed E-state index contributed by atoms with van der Waals surface area (Å²) >= 11 is 1.61. The number of hydrogen-bond donors (Lipinski definition) is 1. The Kier molecular flexibility index (Phi) is 4.60. The molecule has 4 rings (SSSR count). The number of carbonyl (C=O) groups excluding carboxylic acids is 1. The molecule has 0 fully saturated rings. The lowest BCUT2D eigenvalue weighted by molar-refractivity contribution is 0.217. The highest BCUT2D eigenvalue weighted by molar-refractivity contribution is 7.13. The number of rotatable bonds is 4. The molecule has 0 aliphatic rings. The first-order valence-corrected chi connectivity index (χ1v) is 9.42. The molecule has 27 heavy (non-hydrogen) atoms. The van der Waals surface area contributed by atoms with Crippen LogP contribution in [-0.2, 0) is 6.54 Å². The maximum absolute atomic E-state index is 11.6. The van der Waals surface area contributed by atoms with Gasteiger partial charge in [0.1, 0.15) is 5.01 Å². The molecule has 3 aromatic heterocycles. The minimum atomic E-state index is -0.100. The Morgan fingerprint density at radius 1 is 1.19 bits per heavy atom. The lowest BCUT2D eigenvalue weighted by Crippen LogP contribution is -2.33. The van der Waals surface area contributed by atoms with Gasteiger partial charge in [0.25, 0.3) is 0 Å². The molecule has 6 nitrogen and oxygen atoms in total. The summed E-state index contributed by atoms with van der Waals surface area (Å²) in [6.45, 7) is 0.502. The lowest BCUT2D eigenvalue weighted by atomic mass is 10.1. The summed E-state index contributed by atoms with van der Waals surface area (Å²) in [6.07, 6.45) is 3.79. The van der Waals surface area contributed by atoms with E-state index in [1.165, 1.54) is 4.90 Å². The van der Waals surface area contributed by atoms with Crippen molar-refractivity contribution in [3.05, 3.63) is 65.8 Å². The Bertz CT molecular complexity index is 1080. The average Bonchev–Trinajstić information content (AvgIpc) is 3.33. The molecule has 136 valence electrons. The van der Waals surface area contributed by atoms with E-state index in [9.17, 15) is 4.79 Å². The first-order valence-electron chi connectivity index (χ1n) is 8.54. The number of carbonyl (C=O) groups is 1. The summed E-state index contributed by atoms with van der Waals surface area (Å²) in [5.74, 6) is 0. The zero-order chi connectivity index (χ0) is 18.8. The second-order valence-corrected chi connectivity index (χ2v) is 7.23. The average molecular weight is 377 g/mol. The zero-order valence-corrected chi connectivity index (χ0v) is 15.9. The highest BCUT2D eigenvalue weighted by Gasteiger charge is 2.11. The van der Waals surface area contributed by atoms with E-state index in [0.717, 1.165) is 32.9 Å². The molecule has 4 aromatic rings. The molecule has 0 radical (unpaired) electrons. The van der Waals surface area contributed by atoms with Gasteiger partial charge in [-0.15, -0.1) is 11.3 Å². The fourth-order valence-electron chi connectivity index (χ4n) is 2.76. The quantitative estimate of drug-likeness (QED) is 0.587. The summed E-state index contributed by atoms with van der Waals surface area (Å²) in [4.78, 5) is 17.9. The van der Waals surface area contributed by atoms with Gasteiger partial charge in [0.05, 0.1) is 23.0 Å². The molecule has 2 amide bonds. The second kappa shape index (κ2) is 7.20. The molecule has 1 N–H and O–H groups in total. The zero-order valence-electron chi connectivity index (χ0n) is 15.1. The molecule has 7 heteroatoms. The Hall–Kier alpha value is -3.19. The van der Waals surface area contributed by atoms with Crippen molar-refractivity contribution in [2.75, 3.05) is 14.1 Å². The minimum absolute atomic E-state index is 0.100. The van der Waals surface area contributed by atoms with Crippen LogP contribution in [0.4, 0.5) is 4.79 Å². The van der Waals surface area contributed by atoms with E-state index in [2.05, 4.69) is 15.8 Å². The summed E-state index contributed by atoms with van der Waals surface area (Å²) in [6, 6.07) is 14.0. The lowest BCUT2D eigenvalue weighted by Gasteiger charge is -2.11. The van der Waals surface area contributed by atoms with E-state index in [4.69, 9.17) is 4.98 Å². The van der Waals surface area contributed by atoms with Gasteiger partial charge in [-0.25, -0.2) is 14.3 Å². The second-order valence-electron chi connectivity index (χ2n) is 6.38. The maximum Gasteiger partial charge on any atom is 0.317 e. The number of aromatic nitrogens is 3. The first-order chi connectivity index (χ1) is 13.1. The normalized spacial score (nSPS) is 10.9. The van der Waals surface area contributed by atoms with Crippen LogP contribution >= 0.6 is 11.3 Å². The number of thiazole rings is 1. The molecule has 0 atom stereocenters. The van der Waals surface area contributed by atoms with Gasteiger partial charge in [-0.3, -0.25) is 0 Å². The molecule has 0 bridgehead atoms. The van der Waals surface area contributed by atoms with Crippen molar-refractivity contribution in [3.63, 3.8) is 0 Å². The Labute approximate surface area is 161 Å². The predicted molar refractivity (Wildman–Crippen MR) is 108 cm³/mol. The molecule has 0 spiro atoms. The largest absolute Gasteiger partial charge is 0.334 e. The van der Waals surface area contributed by atoms with E-state index in [-0.39, 0.29) is 6.03 Å². The molecule has 0 unspecified atom stereocenters. The predicted octanol–water partition coefficient (Wildman–Crippen LogP) is 3.90. The van der Waals surface area contributed by atoms with Crippen LogP contribution in [0.2, 0.25) is 0 Å². The number of benzene rings is 1. The molecule has 3 heterocycles. The molecular weight excluding hydrogens is 358 g/mol. The van der Waals surface area contributed by atoms with Gasteiger partial charge in [0.15, 0.2) is 0 Å². The SMILES string of the molecule is CN(C)C(=O)NCc1ccc(-c2csc(-c3cnn4ccccc34)n2)cc1. The standard InChI is InChI=1S/C20H19N5OS/c1-24(2)20(26)21-11-14-6-8-15(9-7-14)17-13-27-19(23-17)16-12-22-25-10-4-3-5-18(16)25/h3-10,12-13H,11H2,1-2H3,(H,21,26). The summed E-state index contributed by atoms with van der Waals surface area (Å²) < 4.78 is 1.85. The number of fused-ring (bicyclic) bond motifs is 1. The molecule has 1 aromatic carbocycles. The van der Waals surface area contributed by atoms with Gasteiger partial charge < -0.3 is 10.2 Å². The van der Waals surface area contributed by atoms with Crippen molar-refractivity contribution in [3.8, 4) is 21.8 Å². The van der Waals surface area contributed by atoms with Gasteiger partial charge in [-0.05, 0) is 17.7 Å². The smallest absolute Gasteiger partial charge is 0.317 e. The molecule has 0 saturated heterocycles. The highest BCUT2D eigenvalue weighted by Crippen LogP contribution is 2.31. The van der Waals surface area contributed by atoms with E-state index in [1.807, 2.05) is 59.4 Å².